The molecule has 4 aromatic rings. The van der Waals surface area contributed by atoms with Crippen LogP contribution in [0.15, 0.2) is 83.9 Å². The molecule has 4 nitrogen and oxygen atoms in total. The van der Waals surface area contributed by atoms with Crippen molar-refractivity contribution in [3.63, 3.8) is 0 Å². The van der Waals surface area contributed by atoms with E-state index in [1.807, 2.05) is 78.9 Å². The fourth-order valence-electron chi connectivity index (χ4n) is 2.51. The zero-order valence-corrected chi connectivity index (χ0v) is 13.4. The van der Waals surface area contributed by atoms with Gasteiger partial charge in [-0.15, -0.1) is 5.10 Å². The summed E-state index contributed by atoms with van der Waals surface area (Å²) >= 11 is 6.09. The smallest absolute Gasteiger partial charge is 0.163 e. The van der Waals surface area contributed by atoms with Crippen molar-refractivity contribution in [3.8, 4) is 0 Å². The molecule has 0 saturated heterocycles. The van der Waals surface area contributed by atoms with E-state index >= 15 is 0 Å². The lowest BCUT2D eigenvalue weighted by molar-refractivity contribution is 0.861. The Morgan fingerprint density at radius 3 is 2.50 bits per heavy atom. The molecule has 1 aromatic heterocycles. The quantitative estimate of drug-likeness (QED) is 0.394. The van der Waals surface area contributed by atoms with Crippen LogP contribution in [0.5, 0.6) is 0 Å². The van der Waals surface area contributed by atoms with Crippen LogP contribution in [0.4, 0.5) is 5.69 Å². The predicted octanol–water partition coefficient (Wildman–Crippen LogP) is 4.71. The van der Waals surface area contributed by atoms with Gasteiger partial charge in [-0.05, 0) is 30.3 Å². The van der Waals surface area contributed by atoms with Crippen molar-refractivity contribution in [1.29, 1.82) is 0 Å². The summed E-state index contributed by atoms with van der Waals surface area (Å²) in [5, 5.41) is 9.17. The van der Waals surface area contributed by atoms with Crippen molar-refractivity contribution in [3.05, 3.63) is 89.4 Å². The number of halogens is 1. The number of aromatic nitrogens is 3. The number of aliphatic imine (C=N–C) groups is 1. The molecule has 0 bridgehead atoms. The Balaban J connectivity index is 1.94. The van der Waals surface area contributed by atoms with E-state index in [0.29, 0.717) is 10.9 Å². The van der Waals surface area contributed by atoms with Gasteiger partial charge in [0.05, 0.1) is 11.2 Å². The molecule has 0 fully saturated rings. The lowest BCUT2D eigenvalue weighted by Gasteiger charge is -2.08. The molecule has 24 heavy (non-hydrogen) atoms. The Morgan fingerprint density at radius 2 is 1.67 bits per heavy atom. The summed E-state index contributed by atoms with van der Waals surface area (Å²) in [7, 11) is 0. The molecule has 3 aromatic carbocycles. The van der Waals surface area contributed by atoms with Crippen LogP contribution >= 0.6 is 11.6 Å². The van der Waals surface area contributed by atoms with Gasteiger partial charge in [0.1, 0.15) is 5.52 Å². The lowest BCUT2D eigenvalue weighted by Crippen LogP contribution is -2.15. The second-order valence-electron chi connectivity index (χ2n) is 5.27. The first-order chi connectivity index (χ1) is 11.8. The zero-order valence-electron chi connectivity index (χ0n) is 12.7. The zero-order chi connectivity index (χ0) is 16.4. The number of rotatable bonds is 2. The number of nitrogens with zero attached hydrogens (tertiary/aromatic N) is 4. The molecular weight excluding hydrogens is 320 g/mol. The first-order valence-electron chi connectivity index (χ1n) is 7.52. The molecule has 0 spiro atoms. The van der Waals surface area contributed by atoms with Crippen molar-refractivity contribution in [2.45, 2.75) is 0 Å². The summed E-state index contributed by atoms with van der Waals surface area (Å²) in [4.78, 5) is 4.77. The van der Waals surface area contributed by atoms with Gasteiger partial charge in [-0.3, -0.25) is 0 Å². The molecule has 0 radical (unpaired) electrons. The van der Waals surface area contributed by atoms with Crippen molar-refractivity contribution < 1.29 is 0 Å². The van der Waals surface area contributed by atoms with Gasteiger partial charge in [-0.1, -0.05) is 65.3 Å². The standard InChI is InChI=1S/C19H13ClN4/c20-15-9-6-10-16(13-15)21-19(14-7-2-1-3-8-14)24-18-12-5-4-11-17(18)22-23-24/h1-13H. The highest BCUT2D eigenvalue weighted by molar-refractivity contribution is 6.30. The number of benzene rings is 3. The molecular formula is C19H13ClN4. The molecule has 5 heteroatoms. The number of hydrogen-bond acceptors (Lipinski definition) is 3. The molecule has 0 atom stereocenters. The molecule has 0 aliphatic rings. The van der Waals surface area contributed by atoms with Crippen molar-refractivity contribution in [2.24, 2.45) is 4.99 Å². The van der Waals surface area contributed by atoms with Gasteiger partial charge in [-0.25, -0.2) is 4.99 Å². The van der Waals surface area contributed by atoms with Gasteiger partial charge in [0, 0.05) is 10.6 Å². The maximum atomic E-state index is 6.09. The predicted molar refractivity (Wildman–Crippen MR) is 97.0 cm³/mol. The van der Waals surface area contributed by atoms with Crippen LogP contribution in [0, 0.1) is 0 Å². The highest BCUT2D eigenvalue weighted by Crippen LogP contribution is 2.21. The van der Waals surface area contributed by atoms with E-state index < -0.39 is 0 Å². The maximum Gasteiger partial charge on any atom is 0.163 e. The van der Waals surface area contributed by atoms with E-state index in [-0.39, 0.29) is 0 Å². The Kier molecular flexibility index (Phi) is 3.81. The van der Waals surface area contributed by atoms with Crippen molar-refractivity contribution in [1.82, 2.24) is 15.0 Å². The lowest BCUT2D eigenvalue weighted by atomic mass is 10.2. The molecule has 0 N–H and O–H groups in total. The van der Waals surface area contributed by atoms with E-state index in [1.165, 1.54) is 0 Å². The number of para-hydroxylation sites is 1. The summed E-state index contributed by atoms with van der Waals surface area (Å²) in [5.41, 5.74) is 3.45. The SMILES string of the molecule is Clc1cccc(N=C(c2ccccc2)n2nnc3ccccc32)c1. The average Bonchev–Trinajstić information content (AvgIpc) is 3.04. The fraction of sp³-hybridized carbons (Fsp3) is 0. The van der Waals surface area contributed by atoms with Crippen LogP contribution in [-0.2, 0) is 0 Å². The minimum absolute atomic E-state index is 0.645. The molecule has 0 unspecified atom stereocenters. The van der Waals surface area contributed by atoms with E-state index in [2.05, 4.69) is 10.3 Å². The third-order valence-electron chi connectivity index (χ3n) is 3.63. The average molecular weight is 333 g/mol. The summed E-state index contributed by atoms with van der Waals surface area (Å²) in [6.45, 7) is 0. The fourth-order valence-corrected chi connectivity index (χ4v) is 2.70. The Hall–Kier alpha value is -2.98. The molecule has 0 aliphatic carbocycles. The van der Waals surface area contributed by atoms with Crippen LogP contribution in [-0.4, -0.2) is 20.8 Å². The molecule has 116 valence electrons. The second-order valence-corrected chi connectivity index (χ2v) is 5.71. The Labute approximate surface area is 144 Å². The van der Waals surface area contributed by atoms with Gasteiger partial charge in [0.25, 0.3) is 0 Å². The molecule has 1 heterocycles. The third-order valence-corrected chi connectivity index (χ3v) is 3.86. The molecule has 4 rings (SSSR count). The first kappa shape index (κ1) is 14.6. The number of fused-ring (bicyclic) bond motifs is 1. The molecule has 0 aliphatic heterocycles. The van der Waals surface area contributed by atoms with Crippen LogP contribution in [0.25, 0.3) is 11.0 Å². The summed E-state index contributed by atoms with van der Waals surface area (Å²) in [6, 6.07) is 25.2. The van der Waals surface area contributed by atoms with Gasteiger partial charge in [0.2, 0.25) is 0 Å². The summed E-state index contributed by atoms with van der Waals surface area (Å²) < 4.78 is 1.76. The summed E-state index contributed by atoms with van der Waals surface area (Å²) in [6.07, 6.45) is 0. The summed E-state index contributed by atoms with van der Waals surface area (Å²) in [5.74, 6) is 0.701. The van der Waals surface area contributed by atoms with Gasteiger partial charge in [-0.2, -0.15) is 4.68 Å². The monoisotopic (exact) mass is 332 g/mol. The Bertz CT molecular complexity index is 1020. The molecule has 0 amide bonds. The minimum Gasteiger partial charge on any atom is -0.229 e. The van der Waals surface area contributed by atoms with Crippen molar-refractivity contribution >= 4 is 34.2 Å². The van der Waals surface area contributed by atoms with E-state index in [0.717, 1.165) is 22.3 Å². The van der Waals surface area contributed by atoms with Crippen molar-refractivity contribution in [2.75, 3.05) is 0 Å². The largest absolute Gasteiger partial charge is 0.229 e. The van der Waals surface area contributed by atoms with E-state index in [9.17, 15) is 0 Å². The van der Waals surface area contributed by atoms with E-state index in [4.69, 9.17) is 16.6 Å². The van der Waals surface area contributed by atoms with Crippen LogP contribution in [0.3, 0.4) is 0 Å². The van der Waals surface area contributed by atoms with Crippen LogP contribution < -0.4 is 0 Å². The second kappa shape index (κ2) is 6.26. The van der Waals surface area contributed by atoms with Gasteiger partial charge >= 0.3 is 0 Å². The van der Waals surface area contributed by atoms with Gasteiger partial charge in [0.15, 0.2) is 5.84 Å². The normalized spacial score (nSPS) is 11.8. The van der Waals surface area contributed by atoms with E-state index in [1.54, 1.807) is 4.68 Å². The Morgan fingerprint density at radius 1 is 0.875 bits per heavy atom. The number of hydrogen-bond donors (Lipinski definition) is 0. The maximum absolute atomic E-state index is 6.09. The van der Waals surface area contributed by atoms with Crippen LogP contribution in [0.2, 0.25) is 5.02 Å². The van der Waals surface area contributed by atoms with Gasteiger partial charge < -0.3 is 0 Å². The first-order valence-corrected chi connectivity index (χ1v) is 7.89. The minimum atomic E-state index is 0.645. The topological polar surface area (TPSA) is 43.1 Å². The van der Waals surface area contributed by atoms with Crippen LogP contribution in [0.1, 0.15) is 5.56 Å². The third kappa shape index (κ3) is 2.79. The highest BCUT2D eigenvalue weighted by atomic mass is 35.5. The molecule has 0 saturated carbocycles. The highest BCUT2D eigenvalue weighted by Gasteiger charge is 2.12.